The number of carbonyl (C=O) groups is 4. The summed E-state index contributed by atoms with van der Waals surface area (Å²) in [6.45, 7) is 7.29. The molecule has 0 rings (SSSR count). The van der Waals surface area contributed by atoms with Crippen LogP contribution < -0.4 is 0 Å². The minimum Gasteiger partial charge on any atom is -0.462 e. The van der Waals surface area contributed by atoms with Gasteiger partial charge in [-0.15, -0.1) is 0 Å². The van der Waals surface area contributed by atoms with E-state index < -0.39 is 97.5 Å². The first-order valence-corrected chi connectivity index (χ1v) is 41.1. The summed E-state index contributed by atoms with van der Waals surface area (Å²) in [5.74, 6) is -1.31. The number of esters is 4. The molecule has 0 bridgehead atoms. The van der Waals surface area contributed by atoms with Gasteiger partial charge in [0.05, 0.1) is 26.4 Å². The standard InChI is InChI=1S/C73H142O17P2/c1-6-9-12-15-18-21-24-33-37-42-47-52-57-71(76)84-63-69(90-73(78)59-54-49-44-39-34-29-27-25-26-28-32-35-40-45-50-55-66(4)5)65-88-92(81,82)86-61-67(74)60-85-91(79,80)87-64-68(89-72(77)58-53-48-43-38-31-23-20-17-14-11-8-3)62-83-70(75)56-51-46-41-36-30-22-19-16-13-10-7-2/h66-69,74H,6-65H2,1-5H3,(H,79,80)(H,81,82)/t67-,68+,69+/m0/s1. The predicted octanol–water partition coefficient (Wildman–Crippen LogP) is 21.3. The lowest BCUT2D eigenvalue weighted by Gasteiger charge is -2.21. The first-order chi connectivity index (χ1) is 44.5. The molecule has 92 heavy (non-hydrogen) atoms. The van der Waals surface area contributed by atoms with Crippen LogP contribution in [0.1, 0.15) is 381 Å². The van der Waals surface area contributed by atoms with Gasteiger partial charge in [0.25, 0.3) is 0 Å². The fourth-order valence-corrected chi connectivity index (χ4v) is 12.8. The Morgan fingerprint density at radius 2 is 0.500 bits per heavy atom. The van der Waals surface area contributed by atoms with Gasteiger partial charge in [-0.1, -0.05) is 330 Å². The molecule has 546 valence electrons. The summed E-state index contributed by atoms with van der Waals surface area (Å²) < 4.78 is 68.4. The normalized spacial score (nSPS) is 14.0. The Morgan fingerprint density at radius 1 is 0.293 bits per heavy atom. The first kappa shape index (κ1) is 90.1. The number of hydrogen-bond donors (Lipinski definition) is 3. The third-order valence-corrected chi connectivity index (χ3v) is 18.9. The molecule has 0 aliphatic carbocycles. The topological polar surface area (TPSA) is 237 Å². The lowest BCUT2D eigenvalue weighted by atomic mass is 10.0. The second-order valence-corrected chi connectivity index (χ2v) is 29.7. The highest BCUT2D eigenvalue weighted by Gasteiger charge is 2.30. The van der Waals surface area contributed by atoms with Crippen LogP contribution in [0.15, 0.2) is 0 Å². The van der Waals surface area contributed by atoms with E-state index in [2.05, 4.69) is 34.6 Å². The van der Waals surface area contributed by atoms with E-state index in [-0.39, 0.29) is 25.7 Å². The smallest absolute Gasteiger partial charge is 0.462 e. The van der Waals surface area contributed by atoms with Crippen molar-refractivity contribution in [2.75, 3.05) is 39.6 Å². The Hall–Kier alpha value is -1.94. The molecule has 17 nitrogen and oxygen atoms in total. The van der Waals surface area contributed by atoms with Crippen molar-refractivity contribution in [1.82, 2.24) is 0 Å². The quantitative estimate of drug-likeness (QED) is 0.0222. The molecule has 0 spiro atoms. The van der Waals surface area contributed by atoms with Gasteiger partial charge < -0.3 is 33.8 Å². The van der Waals surface area contributed by atoms with Crippen LogP contribution in [0.25, 0.3) is 0 Å². The van der Waals surface area contributed by atoms with Crippen LogP contribution >= 0.6 is 15.6 Å². The van der Waals surface area contributed by atoms with E-state index in [1.165, 1.54) is 205 Å². The maximum absolute atomic E-state index is 13.1. The molecule has 0 radical (unpaired) electrons. The molecule has 0 aromatic carbocycles. The van der Waals surface area contributed by atoms with Crippen LogP contribution in [0.5, 0.6) is 0 Å². The van der Waals surface area contributed by atoms with Crippen molar-refractivity contribution < 1.29 is 80.2 Å². The van der Waals surface area contributed by atoms with Crippen LogP contribution in [-0.4, -0.2) is 96.7 Å². The number of aliphatic hydroxyl groups is 1. The fraction of sp³-hybridized carbons (Fsp3) is 0.945. The van der Waals surface area contributed by atoms with Gasteiger partial charge in [-0.2, -0.15) is 0 Å². The van der Waals surface area contributed by atoms with Crippen LogP contribution in [0.2, 0.25) is 0 Å². The van der Waals surface area contributed by atoms with Gasteiger partial charge in [-0.25, -0.2) is 9.13 Å². The third-order valence-electron chi connectivity index (χ3n) is 17.0. The Balaban J connectivity index is 5.22. The van der Waals surface area contributed by atoms with E-state index in [1.54, 1.807) is 0 Å². The van der Waals surface area contributed by atoms with E-state index >= 15 is 0 Å². The maximum Gasteiger partial charge on any atom is 0.472 e. The molecule has 2 unspecified atom stereocenters. The average molecular weight is 1350 g/mol. The molecular formula is C73H142O17P2. The summed E-state index contributed by atoms with van der Waals surface area (Å²) in [7, 11) is -9.90. The maximum atomic E-state index is 13.1. The average Bonchev–Trinajstić information content (AvgIpc) is 2.02. The number of aliphatic hydroxyl groups excluding tert-OH is 1. The number of ether oxygens (including phenoxy) is 4. The second kappa shape index (κ2) is 66.3. The Labute approximate surface area is 562 Å². The van der Waals surface area contributed by atoms with Gasteiger partial charge in [0.1, 0.15) is 19.3 Å². The molecule has 3 N–H and O–H groups in total. The van der Waals surface area contributed by atoms with Crippen LogP contribution in [-0.2, 0) is 65.4 Å². The molecule has 19 heteroatoms. The molecule has 0 saturated carbocycles. The van der Waals surface area contributed by atoms with Gasteiger partial charge in [-0.3, -0.25) is 37.3 Å². The van der Waals surface area contributed by atoms with Gasteiger partial charge >= 0.3 is 39.5 Å². The van der Waals surface area contributed by atoms with Gasteiger partial charge in [0.15, 0.2) is 12.2 Å². The Bertz CT molecular complexity index is 1770. The Morgan fingerprint density at radius 3 is 0.739 bits per heavy atom. The van der Waals surface area contributed by atoms with Crippen molar-refractivity contribution in [2.24, 2.45) is 5.92 Å². The van der Waals surface area contributed by atoms with E-state index in [1.807, 2.05) is 0 Å². The zero-order valence-corrected chi connectivity index (χ0v) is 61.5. The lowest BCUT2D eigenvalue weighted by Crippen LogP contribution is -2.30. The summed E-state index contributed by atoms with van der Waals surface area (Å²) in [4.78, 5) is 72.6. The summed E-state index contributed by atoms with van der Waals surface area (Å²) in [5.41, 5.74) is 0. The van der Waals surface area contributed by atoms with Crippen molar-refractivity contribution in [3.05, 3.63) is 0 Å². The predicted molar refractivity (Wildman–Crippen MR) is 372 cm³/mol. The number of carbonyl (C=O) groups excluding carboxylic acids is 4. The highest BCUT2D eigenvalue weighted by atomic mass is 31.2. The molecule has 0 heterocycles. The summed E-state index contributed by atoms with van der Waals surface area (Å²) in [6.07, 6.45) is 53.9. The number of hydrogen-bond acceptors (Lipinski definition) is 15. The summed E-state index contributed by atoms with van der Waals surface area (Å²) in [5, 5.41) is 10.6. The van der Waals surface area contributed by atoms with Gasteiger partial charge in [0.2, 0.25) is 0 Å². The number of phosphoric ester groups is 2. The molecular weight excluding hydrogens is 1210 g/mol. The first-order valence-electron chi connectivity index (χ1n) is 38.1. The number of rotatable bonds is 73. The van der Waals surface area contributed by atoms with Crippen molar-refractivity contribution in [3.63, 3.8) is 0 Å². The minimum atomic E-state index is -4.95. The molecule has 0 aliphatic rings. The van der Waals surface area contributed by atoms with Crippen molar-refractivity contribution >= 4 is 39.5 Å². The highest BCUT2D eigenvalue weighted by Crippen LogP contribution is 2.45. The second-order valence-electron chi connectivity index (χ2n) is 26.8. The zero-order valence-electron chi connectivity index (χ0n) is 59.7. The molecule has 0 aromatic heterocycles. The lowest BCUT2D eigenvalue weighted by molar-refractivity contribution is -0.161. The Kier molecular flexibility index (Phi) is 64.9. The fourth-order valence-electron chi connectivity index (χ4n) is 11.2. The van der Waals surface area contributed by atoms with E-state index in [9.17, 15) is 43.2 Å². The molecule has 5 atom stereocenters. The van der Waals surface area contributed by atoms with Crippen LogP contribution in [0.4, 0.5) is 0 Å². The monoisotopic (exact) mass is 1350 g/mol. The van der Waals surface area contributed by atoms with E-state index in [0.717, 1.165) is 95.8 Å². The van der Waals surface area contributed by atoms with Gasteiger partial charge in [0, 0.05) is 25.7 Å². The molecule has 0 aliphatic heterocycles. The van der Waals surface area contributed by atoms with Crippen molar-refractivity contribution in [2.45, 2.75) is 400 Å². The van der Waals surface area contributed by atoms with E-state index in [4.69, 9.17) is 37.0 Å². The molecule has 0 saturated heterocycles. The molecule has 0 aromatic rings. The SMILES string of the molecule is CCCCCCCCCCCCCCC(=O)OC[C@H](COP(=O)(O)OC[C@@H](O)COP(=O)(O)OC[C@@H](COC(=O)CCCCCCCCCCCCC)OC(=O)CCCCCCCCCCCCC)OC(=O)CCCCCCCCCCCCCCCCCC(C)C. The molecule has 0 fully saturated rings. The number of phosphoric acid groups is 2. The van der Waals surface area contributed by atoms with Crippen molar-refractivity contribution in [3.8, 4) is 0 Å². The zero-order chi connectivity index (χ0) is 67.7. The highest BCUT2D eigenvalue weighted by molar-refractivity contribution is 7.47. The molecule has 0 amide bonds. The largest absolute Gasteiger partial charge is 0.472 e. The van der Waals surface area contributed by atoms with Crippen LogP contribution in [0, 0.1) is 5.92 Å². The van der Waals surface area contributed by atoms with Crippen LogP contribution in [0.3, 0.4) is 0 Å². The van der Waals surface area contributed by atoms with E-state index in [0.29, 0.717) is 25.7 Å². The van der Waals surface area contributed by atoms with Gasteiger partial charge in [-0.05, 0) is 31.6 Å². The number of unbranched alkanes of at least 4 members (excludes halogenated alkanes) is 45. The minimum absolute atomic E-state index is 0.107. The summed E-state index contributed by atoms with van der Waals surface area (Å²) in [6, 6.07) is 0. The third kappa shape index (κ3) is 66.7. The summed E-state index contributed by atoms with van der Waals surface area (Å²) >= 11 is 0. The van der Waals surface area contributed by atoms with Crippen molar-refractivity contribution in [1.29, 1.82) is 0 Å².